The van der Waals surface area contributed by atoms with Crippen molar-refractivity contribution in [2.24, 2.45) is 0 Å². The summed E-state index contributed by atoms with van der Waals surface area (Å²) in [5.74, 6) is 0. The normalized spacial score (nSPS) is 12.3. The molecule has 0 saturated carbocycles. The molecule has 0 aromatic carbocycles. The average Bonchev–Trinajstić information content (AvgIpc) is 1.68. The zero-order valence-corrected chi connectivity index (χ0v) is 5.59. The quantitative estimate of drug-likeness (QED) is 0.495. The maximum atomic E-state index is 3.45. The Morgan fingerprint density at radius 3 is 2.57 bits per heavy atom. The Morgan fingerprint density at radius 2 is 2.43 bits per heavy atom. The van der Waals surface area contributed by atoms with E-state index < -0.39 is 0 Å². The van der Waals surface area contributed by atoms with Crippen LogP contribution in [0.15, 0.2) is 18.4 Å². The Hall–Kier alpha value is -0.130. The van der Waals surface area contributed by atoms with E-state index in [1.54, 1.807) is 11.8 Å². The maximum Gasteiger partial charge on any atom is 0.0270 e. The molecular formula is C6H10S. The lowest BCUT2D eigenvalue weighted by molar-refractivity contribution is 1.26. The molecule has 0 heterocycles. The van der Waals surface area contributed by atoms with E-state index in [4.69, 9.17) is 0 Å². The SMILES string of the molecule is C=C=CC(C)SC. The lowest BCUT2D eigenvalue weighted by Gasteiger charge is -1.93. The Morgan fingerprint density at radius 1 is 1.86 bits per heavy atom. The van der Waals surface area contributed by atoms with Gasteiger partial charge in [0.1, 0.15) is 0 Å². The van der Waals surface area contributed by atoms with Gasteiger partial charge in [0.2, 0.25) is 0 Å². The standard InChI is InChI=1S/C6H10S/c1-4-5-6(2)7-3/h5-6H,1H2,2-3H3. The van der Waals surface area contributed by atoms with Gasteiger partial charge >= 0.3 is 0 Å². The van der Waals surface area contributed by atoms with Gasteiger partial charge in [0.15, 0.2) is 0 Å². The minimum Gasteiger partial charge on any atom is -0.157 e. The van der Waals surface area contributed by atoms with E-state index in [0.29, 0.717) is 5.25 Å². The summed E-state index contributed by atoms with van der Waals surface area (Å²) < 4.78 is 0. The third-order valence-corrected chi connectivity index (χ3v) is 1.60. The van der Waals surface area contributed by atoms with Gasteiger partial charge in [-0.25, -0.2) is 0 Å². The molecule has 40 valence electrons. The van der Waals surface area contributed by atoms with E-state index >= 15 is 0 Å². The highest BCUT2D eigenvalue weighted by atomic mass is 32.2. The van der Waals surface area contributed by atoms with Gasteiger partial charge in [-0.15, -0.1) is 5.73 Å². The van der Waals surface area contributed by atoms with Gasteiger partial charge in [0, 0.05) is 5.25 Å². The summed E-state index contributed by atoms with van der Waals surface area (Å²) in [6.07, 6.45) is 4.02. The van der Waals surface area contributed by atoms with Crippen LogP contribution in [-0.4, -0.2) is 11.5 Å². The maximum absolute atomic E-state index is 3.45. The topological polar surface area (TPSA) is 0 Å². The van der Waals surface area contributed by atoms with Gasteiger partial charge in [-0.1, -0.05) is 6.58 Å². The van der Waals surface area contributed by atoms with Gasteiger partial charge < -0.3 is 0 Å². The van der Waals surface area contributed by atoms with Gasteiger partial charge in [-0.2, -0.15) is 11.8 Å². The zero-order valence-electron chi connectivity index (χ0n) is 4.77. The van der Waals surface area contributed by atoms with Gasteiger partial charge in [-0.3, -0.25) is 0 Å². The molecule has 0 spiro atoms. The fourth-order valence-electron chi connectivity index (χ4n) is 0.234. The molecule has 0 aliphatic carbocycles. The van der Waals surface area contributed by atoms with Crippen molar-refractivity contribution in [3.05, 3.63) is 18.4 Å². The largest absolute Gasteiger partial charge is 0.157 e. The minimum absolute atomic E-state index is 0.567. The molecule has 7 heavy (non-hydrogen) atoms. The molecule has 0 fully saturated rings. The second-order valence-corrected chi connectivity index (χ2v) is 2.53. The molecule has 0 N–H and O–H groups in total. The van der Waals surface area contributed by atoms with Crippen LogP contribution in [0.5, 0.6) is 0 Å². The predicted molar refractivity (Wildman–Crippen MR) is 36.7 cm³/mol. The minimum atomic E-state index is 0.567. The highest BCUT2D eigenvalue weighted by molar-refractivity contribution is 7.99. The molecule has 1 atom stereocenters. The molecular weight excluding hydrogens is 104 g/mol. The molecule has 0 aliphatic rings. The van der Waals surface area contributed by atoms with Crippen molar-refractivity contribution < 1.29 is 0 Å². The Balaban J connectivity index is 3.35. The van der Waals surface area contributed by atoms with E-state index in [2.05, 4.69) is 25.5 Å². The summed E-state index contributed by atoms with van der Waals surface area (Å²) in [7, 11) is 0. The number of rotatable bonds is 2. The lowest BCUT2D eigenvalue weighted by atomic mass is 10.5. The summed E-state index contributed by atoms with van der Waals surface area (Å²) >= 11 is 1.79. The fraction of sp³-hybridized carbons (Fsp3) is 0.500. The Kier molecular flexibility index (Phi) is 3.97. The van der Waals surface area contributed by atoms with Crippen molar-refractivity contribution in [3.63, 3.8) is 0 Å². The highest BCUT2D eigenvalue weighted by Crippen LogP contribution is 2.03. The first-order valence-electron chi connectivity index (χ1n) is 2.20. The molecule has 0 radical (unpaired) electrons. The van der Waals surface area contributed by atoms with E-state index in [9.17, 15) is 0 Å². The van der Waals surface area contributed by atoms with Crippen molar-refractivity contribution in [2.75, 3.05) is 6.26 Å². The summed E-state index contributed by atoms with van der Waals surface area (Å²) in [4.78, 5) is 0. The van der Waals surface area contributed by atoms with Crippen LogP contribution in [0.1, 0.15) is 6.92 Å². The molecule has 0 saturated heterocycles. The molecule has 1 heteroatoms. The monoisotopic (exact) mass is 114 g/mol. The van der Waals surface area contributed by atoms with Gasteiger partial charge in [-0.05, 0) is 19.3 Å². The predicted octanol–water partition coefficient (Wildman–Crippen LogP) is 2.08. The first-order valence-corrected chi connectivity index (χ1v) is 3.48. The van der Waals surface area contributed by atoms with E-state index in [1.807, 2.05) is 6.08 Å². The van der Waals surface area contributed by atoms with Crippen LogP contribution in [0.2, 0.25) is 0 Å². The first kappa shape index (κ1) is 6.87. The van der Waals surface area contributed by atoms with Crippen LogP contribution in [0, 0.1) is 0 Å². The third-order valence-electron chi connectivity index (χ3n) is 0.724. The molecule has 1 unspecified atom stereocenters. The fourth-order valence-corrected chi connectivity index (χ4v) is 0.466. The Bertz CT molecular complexity index is 80.2. The second kappa shape index (κ2) is 4.04. The van der Waals surface area contributed by atoms with E-state index in [0.717, 1.165) is 0 Å². The molecule has 0 aliphatic heterocycles. The van der Waals surface area contributed by atoms with Gasteiger partial charge in [0.05, 0.1) is 0 Å². The first-order chi connectivity index (χ1) is 3.31. The van der Waals surface area contributed by atoms with Crippen molar-refractivity contribution in [3.8, 4) is 0 Å². The highest BCUT2D eigenvalue weighted by Gasteiger charge is 1.86. The van der Waals surface area contributed by atoms with Crippen molar-refractivity contribution in [1.82, 2.24) is 0 Å². The lowest BCUT2D eigenvalue weighted by Crippen LogP contribution is -1.83. The number of hydrogen-bond acceptors (Lipinski definition) is 1. The molecule has 0 rings (SSSR count). The van der Waals surface area contributed by atoms with Crippen LogP contribution in [0.25, 0.3) is 0 Å². The summed E-state index contributed by atoms with van der Waals surface area (Å²) in [5.41, 5.74) is 2.72. The molecule has 0 aromatic heterocycles. The molecule has 0 nitrogen and oxygen atoms in total. The van der Waals surface area contributed by atoms with Crippen molar-refractivity contribution >= 4 is 11.8 Å². The Labute approximate surface area is 49.3 Å². The van der Waals surface area contributed by atoms with Crippen LogP contribution in [0.3, 0.4) is 0 Å². The zero-order chi connectivity index (χ0) is 5.70. The number of hydrogen-bond donors (Lipinski definition) is 0. The van der Waals surface area contributed by atoms with Crippen LogP contribution < -0.4 is 0 Å². The van der Waals surface area contributed by atoms with Crippen LogP contribution in [0.4, 0.5) is 0 Å². The summed E-state index contributed by atoms with van der Waals surface area (Å²) in [6, 6.07) is 0. The van der Waals surface area contributed by atoms with Gasteiger partial charge in [0.25, 0.3) is 0 Å². The van der Waals surface area contributed by atoms with Crippen molar-refractivity contribution in [1.29, 1.82) is 0 Å². The van der Waals surface area contributed by atoms with E-state index in [-0.39, 0.29) is 0 Å². The van der Waals surface area contributed by atoms with E-state index in [1.165, 1.54) is 0 Å². The van der Waals surface area contributed by atoms with Crippen LogP contribution >= 0.6 is 11.8 Å². The molecule has 0 aromatic rings. The summed E-state index contributed by atoms with van der Waals surface area (Å²) in [6.45, 7) is 5.57. The van der Waals surface area contributed by atoms with Crippen molar-refractivity contribution in [2.45, 2.75) is 12.2 Å². The molecule has 0 bridgehead atoms. The average molecular weight is 114 g/mol. The smallest absolute Gasteiger partial charge is 0.0270 e. The summed E-state index contributed by atoms with van der Waals surface area (Å²) in [5, 5.41) is 0.567. The second-order valence-electron chi connectivity index (χ2n) is 1.31. The number of thioether (sulfide) groups is 1. The molecule has 0 amide bonds. The van der Waals surface area contributed by atoms with Crippen LogP contribution in [-0.2, 0) is 0 Å². The third kappa shape index (κ3) is 3.71.